The van der Waals surface area contributed by atoms with Gasteiger partial charge in [-0.25, -0.2) is 0 Å². The van der Waals surface area contributed by atoms with Gasteiger partial charge in [-0.3, -0.25) is 0 Å². The van der Waals surface area contributed by atoms with Gasteiger partial charge in [-0.2, -0.15) is 0 Å². The molecule has 3 rings (SSSR count). The van der Waals surface area contributed by atoms with Gasteiger partial charge in [-0.1, -0.05) is 23.2 Å². The summed E-state index contributed by atoms with van der Waals surface area (Å²) in [6.07, 6.45) is 4.01. The molecule has 1 nitrogen and oxygen atoms in total. The Balaban J connectivity index is 1.78. The molecule has 0 spiro atoms. The summed E-state index contributed by atoms with van der Waals surface area (Å²) in [5.74, 6) is 2.56. The van der Waals surface area contributed by atoms with E-state index in [1.807, 2.05) is 6.07 Å². The maximum absolute atomic E-state index is 6.26. The Labute approximate surface area is 104 Å². The maximum atomic E-state index is 6.26. The number of rotatable bonds is 2. The van der Waals surface area contributed by atoms with Crippen LogP contribution in [0.1, 0.15) is 30.9 Å². The fourth-order valence-electron chi connectivity index (χ4n) is 2.89. The Morgan fingerprint density at radius 3 is 2.47 bits per heavy atom. The molecule has 15 heavy (non-hydrogen) atoms. The lowest BCUT2D eigenvalue weighted by molar-refractivity contribution is 0.405. The van der Waals surface area contributed by atoms with Crippen LogP contribution in [-0.4, -0.2) is 0 Å². The minimum absolute atomic E-state index is 0.0917. The van der Waals surface area contributed by atoms with E-state index in [-0.39, 0.29) is 6.04 Å². The van der Waals surface area contributed by atoms with Crippen molar-refractivity contribution in [1.82, 2.24) is 0 Å². The van der Waals surface area contributed by atoms with Gasteiger partial charge in [0.2, 0.25) is 0 Å². The summed E-state index contributed by atoms with van der Waals surface area (Å²) < 4.78 is 1.52. The van der Waals surface area contributed by atoms with Gasteiger partial charge in [0, 0.05) is 11.6 Å². The molecular weight excluding hydrogens is 249 g/mol. The van der Waals surface area contributed by atoms with Crippen LogP contribution in [0.4, 0.5) is 0 Å². The number of nitrogens with two attached hydrogens (primary N) is 1. The van der Waals surface area contributed by atoms with Gasteiger partial charge in [-0.15, -0.1) is 11.3 Å². The molecule has 2 fully saturated rings. The molecule has 0 bridgehead atoms. The molecule has 2 aliphatic carbocycles. The first-order valence-electron chi connectivity index (χ1n) is 5.35. The first kappa shape index (κ1) is 10.4. The molecule has 2 N–H and O–H groups in total. The van der Waals surface area contributed by atoms with Crippen molar-refractivity contribution in [3.63, 3.8) is 0 Å². The van der Waals surface area contributed by atoms with Gasteiger partial charge >= 0.3 is 0 Å². The predicted molar refractivity (Wildman–Crippen MR) is 65.6 cm³/mol. The smallest absolute Gasteiger partial charge is 0.0991 e. The van der Waals surface area contributed by atoms with Crippen LogP contribution in [-0.2, 0) is 0 Å². The minimum atomic E-state index is 0.0917. The second kappa shape index (κ2) is 3.63. The molecule has 3 unspecified atom stereocenters. The third-order valence-corrected chi connectivity index (χ3v) is 5.35. The monoisotopic (exact) mass is 261 g/mol. The second-order valence-electron chi connectivity index (χ2n) is 4.79. The summed E-state index contributed by atoms with van der Waals surface area (Å²) in [4.78, 5) is 0. The van der Waals surface area contributed by atoms with Crippen molar-refractivity contribution < 1.29 is 0 Å². The summed E-state index contributed by atoms with van der Waals surface area (Å²) in [5, 5.41) is 0. The van der Waals surface area contributed by atoms with E-state index in [0.717, 1.165) is 26.1 Å². The van der Waals surface area contributed by atoms with Gasteiger partial charge in [0.25, 0.3) is 0 Å². The van der Waals surface area contributed by atoms with Crippen molar-refractivity contribution in [1.29, 1.82) is 0 Å². The number of halogens is 2. The van der Waals surface area contributed by atoms with Crippen molar-refractivity contribution in [3.8, 4) is 0 Å². The third-order valence-electron chi connectivity index (χ3n) is 3.83. The molecule has 82 valence electrons. The summed E-state index contributed by atoms with van der Waals surface area (Å²) in [7, 11) is 0. The lowest BCUT2D eigenvalue weighted by Gasteiger charge is -2.20. The van der Waals surface area contributed by atoms with E-state index in [9.17, 15) is 0 Å². The zero-order valence-corrected chi connectivity index (χ0v) is 10.6. The summed E-state index contributed by atoms with van der Waals surface area (Å²) in [5.41, 5.74) is 7.31. The topological polar surface area (TPSA) is 26.0 Å². The van der Waals surface area contributed by atoms with E-state index in [1.54, 1.807) is 0 Å². The molecule has 1 aromatic rings. The first-order valence-corrected chi connectivity index (χ1v) is 6.92. The van der Waals surface area contributed by atoms with E-state index in [0.29, 0.717) is 5.92 Å². The molecule has 0 saturated heterocycles. The van der Waals surface area contributed by atoms with Crippen LogP contribution in [0, 0.1) is 17.8 Å². The summed E-state index contributed by atoms with van der Waals surface area (Å²) in [6.45, 7) is 0. The van der Waals surface area contributed by atoms with E-state index in [1.165, 1.54) is 30.6 Å². The molecule has 0 aliphatic heterocycles. The number of hydrogen-bond donors (Lipinski definition) is 1. The normalized spacial score (nSPS) is 35.3. The molecule has 3 atom stereocenters. The zero-order valence-electron chi connectivity index (χ0n) is 8.25. The Hall–Kier alpha value is 0.240. The SMILES string of the molecule is NC(c1cc(Cl)sc1Cl)C1CC2CC2C1. The first-order chi connectivity index (χ1) is 7.15. The van der Waals surface area contributed by atoms with Crippen molar-refractivity contribution >= 4 is 34.5 Å². The maximum Gasteiger partial charge on any atom is 0.0991 e. The van der Waals surface area contributed by atoms with Crippen LogP contribution in [0.3, 0.4) is 0 Å². The molecule has 1 aromatic heterocycles. The third kappa shape index (κ3) is 1.82. The van der Waals surface area contributed by atoms with E-state index >= 15 is 0 Å². The van der Waals surface area contributed by atoms with Gasteiger partial charge in [0.05, 0.1) is 8.67 Å². The fourth-order valence-corrected chi connectivity index (χ4v) is 4.46. The molecule has 0 radical (unpaired) electrons. The van der Waals surface area contributed by atoms with Gasteiger partial charge in [-0.05, 0) is 43.1 Å². The van der Waals surface area contributed by atoms with Crippen LogP contribution in [0.2, 0.25) is 8.67 Å². The quantitative estimate of drug-likeness (QED) is 0.853. The Morgan fingerprint density at radius 2 is 1.93 bits per heavy atom. The minimum Gasteiger partial charge on any atom is -0.324 e. The average Bonchev–Trinajstić information content (AvgIpc) is 2.65. The summed E-state index contributed by atoms with van der Waals surface area (Å²) in [6, 6.07) is 2.03. The van der Waals surface area contributed by atoms with E-state index < -0.39 is 0 Å². The average molecular weight is 262 g/mol. The van der Waals surface area contributed by atoms with Crippen molar-refractivity contribution in [2.45, 2.75) is 25.3 Å². The number of hydrogen-bond acceptors (Lipinski definition) is 2. The summed E-state index contributed by atoms with van der Waals surface area (Å²) >= 11 is 13.5. The highest BCUT2D eigenvalue weighted by atomic mass is 35.5. The van der Waals surface area contributed by atoms with Crippen LogP contribution < -0.4 is 5.73 Å². The largest absolute Gasteiger partial charge is 0.324 e. The molecule has 2 aliphatic rings. The Kier molecular flexibility index (Phi) is 2.51. The van der Waals surface area contributed by atoms with Gasteiger partial charge < -0.3 is 5.73 Å². The van der Waals surface area contributed by atoms with Crippen LogP contribution in [0.15, 0.2) is 6.07 Å². The molecular formula is C11H13Cl2NS. The highest BCUT2D eigenvalue weighted by Crippen LogP contribution is 2.57. The van der Waals surface area contributed by atoms with Crippen molar-refractivity contribution in [3.05, 3.63) is 20.3 Å². The predicted octanol–water partition coefficient (Wildman–Crippen LogP) is 4.10. The molecule has 0 amide bonds. The van der Waals surface area contributed by atoms with E-state index in [2.05, 4.69) is 0 Å². The van der Waals surface area contributed by atoms with E-state index in [4.69, 9.17) is 28.9 Å². The Bertz CT molecular complexity index is 380. The number of fused-ring (bicyclic) bond motifs is 1. The molecule has 2 saturated carbocycles. The molecule has 0 aromatic carbocycles. The molecule has 1 heterocycles. The zero-order chi connectivity index (χ0) is 10.6. The number of thiophene rings is 1. The molecule has 4 heteroatoms. The van der Waals surface area contributed by atoms with Crippen LogP contribution in [0.5, 0.6) is 0 Å². The standard InChI is InChI=1S/C11H13Cl2NS/c12-9-4-8(11(13)15-9)10(14)7-2-5-1-6(5)3-7/h4-7,10H,1-3,14H2. The fraction of sp³-hybridized carbons (Fsp3) is 0.636. The highest BCUT2D eigenvalue weighted by Gasteiger charge is 2.47. The Morgan fingerprint density at radius 1 is 1.27 bits per heavy atom. The van der Waals surface area contributed by atoms with Crippen LogP contribution in [0.25, 0.3) is 0 Å². The van der Waals surface area contributed by atoms with Crippen molar-refractivity contribution in [2.75, 3.05) is 0 Å². The van der Waals surface area contributed by atoms with Crippen molar-refractivity contribution in [2.24, 2.45) is 23.5 Å². The second-order valence-corrected chi connectivity index (χ2v) is 7.08. The lowest BCUT2D eigenvalue weighted by atomic mass is 9.91. The van der Waals surface area contributed by atoms with Gasteiger partial charge in [0.15, 0.2) is 0 Å². The highest BCUT2D eigenvalue weighted by molar-refractivity contribution is 7.20. The lowest BCUT2D eigenvalue weighted by Crippen LogP contribution is -2.20. The van der Waals surface area contributed by atoms with Gasteiger partial charge in [0.1, 0.15) is 0 Å². The van der Waals surface area contributed by atoms with Crippen LogP contribution >= 0.6 is 34.5 Å².